The first-order valence-corrected chi connectivity index (χ1v) is 7.53. The Kier molecular flexibility index (Phi) is 3.92. The van der Waals surface area contributed by atoms with Crippen LogP contribution in [0, 0.1) is 0 Å². The normalized spacial score (nSPS) is 25.2. The number of carbonyl (C=O) groups excluding carboxylic acids is 1. The Morgan fingerprint density at radius 2 is 2.05 bits per heavy atom. The SMILES string of the molecule is O=C(O)C1c2ccccc2CCN1C(=O)C1CCCCN1. The summed E-state index contributed by atoms with van der Waals surface area (Å²) < 4.78 is 0. The summed E-state index contributed by atoms with van der Waals surface area (Å²) in [6.07, 6.45) is 3.61. The standard InChI is InChI=1S/C16H20N2O3/c19-15(13-7-3-4-9-17-13)18-10-8-11-5-1-2-6-12(11)14(18)16(20)21/h1-2,5-6,13-14,17H,3-4,7-10H2,(H,20,21). The van der Waals surface area contributed by atoms with Crippen LogP contribution < -0.4 is 5.32 Å². The van der Waals surface area contributed by atoms with E-state index in [1.165, 1.54) is 4.90 Å². The van der Waals surface area contributed by atoms with Crippen molar-refractivity contribution in [2.75, 3.05) is 13.1 Å². The van der Waals surface area contributed by atoms with Gasteiger partial charge in [0, 0.05) is 6.54 Å². The van der Waals surface area contributed by atoms with Crippen LogP contribution in [-0.2, 0) is 16.0 Å². The number of carbonyl (C=O) groups is 2. The molecule has 2 unspecified atom stereocenters. The first-order chi connectivity index (χ1) is 10.2. The van der Waals surface area contributed by atoms with Crippen molar-refractivity contribution in [3.8, 4) is 0 Å². The highest BCUT2D eigenvalue weighted by molar-refractivity contribution is 5.88. The molecule has 5 heteroatoms. The fourth-order valence-corrected chi connectivity index (χ4v) is 3.33. The van der Waals surface area contributed by atoms with Crippen LogP contribution in [0.5, 0.6) is 0 Å². The van der Waals surface area contributed by atoms with E-state index in [9.17, 15) is 14.7 Å². The predicted octanol–water partition coefficient (Wildman–Crippen LogP) is 1.34. The van der Waals surface area contributed by atoms with Crippen molar-refractivity contribution in [1.29, 1.82) is 0 Å². The van der Waals surface area contributed by atoms with E-state index in [1.54, 1.807) is 0 Å². The molecule has 1 amide bonds. The van der Waals surface area contributed by atoms with Crippen LogP contribution >= 0.6 is 0 Å². The minimum absolute atomic E-state index is 0.0726. The van der Waals surface area contributed by atoms with Crippen LogP contribution in [-0.4, -0.2) is 41.0 Å². The summed E-state index contributed by atoms with van der Waals surface area (Å²) >= 11 is 0. The fourth-order valence-electron chi connectivity index (χ4n) is 3.33. The zero-order chi connectivity index (χ0) is 14.8. The molecular weight excluding hydrogens is 268 g/mol. The molecule has 21 heavy (non-hydrogen) atoms. The van der Waals surface area contributed by atoms with E-state index in [-0.39, 0.29) is 11.9 Å². The van der Waals surface area contributed by atoms with Gasteiger partial charge in [0.05, 0.1) is 6.04 Å². The zero-order valence-corrected chi connectivity index (χ0v) is 11.9. The number of aliphatic carboxylic acids is 1. The lowest BCUT2D eigenvalue weighted by Gasteiger charge is -2.37. The predicted molar refractivity (Wildman–Crippen MR) is 77.9 cm³/mol. The molecule has 2 heterocycles. The molecule has 1 saturated heterocycles. The summed E-state index contributed by atoms with van der Waals surface area (Å²) in [4.78, 5) is 25.9. The van der Waals surface area contributed by atoms with Gasteiger partial charge in [-0.15, -0.1) is 0 Å². The van der Waals surface area contributed by atoms with Gasteiger partial charge in [-0.05, 0) is 36.9 Å². The highest BCUT2D eigenvalue weighted by Gasteiger charge is 2.38. The average molecular weight is 288 g/mol. The second kappa shape index (κ2) is 5.85. The number of nitrogens with zero attached hydrogens (tertiary/aromatic N) is 1. The monoisotopic (exact) mass is 288 g/mol. The largest absolute Gasteiger partial charge is 0.479 e. The van der Waals surface area contributed by atoms with Gasteiger partial charge in [-0.3, -0.25) is 4.79 Å². The van der Waals surface area contributed by atoms with Crippen LogP contribution in [0.2, 0.25) is 0 Å². The fraction of sp³-hybridized carbons (Fsp3) is 0.500. The molecular formula is C16H20N2O3. The molecule has 0 saturated carbocycles. The molecule has 2 N–H and O–H groups in total. The van der Waals surface area contributed by atoms with Gasteiger partial charge in [0.25, 0.3) is 0 Å². The van der Waals surface area contributed by atoms with Crippen molar-refractivity contribution in [2.45, 2.75) is 37.8 Å². The zero-order valence-electron chi connectivity index (χ0n) is 11.9. The van der Waals surface area contributed by atoms with E-state index in [2.05, 4.69) is 5.32 Å². The van der Waals surface area contributed by atoms with E-state index in [0.717, 1.165) is 43.4 Å². The molecule has 0 spiro atoms. The molecule has 1 aromatic rings. The second-order valence-electron chi connectivity index (χ2n) is 5.72. The van der Waals surface area contributed by atoms with Crippen LogP contribution in [0.1, 0.15) is 36.4 Å². The molecule has 1 aromatic carbocycles. The van der Waals surface area contributed by atoms with Crippen molar-refractivity contribution >= 4 is 11.9 Å². The number of carboxylic acid groups (broad SMARTS) is 1. The third-order valence-electron chi connectivity index (χ3n) is 4.41. The molecule has 0 radical (unpaired) electrons. The second-order valence-corrected chi connectivity index (χ2v) is 5.72. The first-order valence-electron chi connectivity index (χ1n) is 7.53. The van der Waals surface area contributed by atoms with Gasteiger partial charge in [-0.2, -0.15) is 0 Å². The van der Waals surface area contributed by atoms with Crippen molar-refractivity contribution < 1.29 is 14.7 Å². The van der Waals surface area contributed by atoms with Crippen molar-refractivity contribution in [3.05, 3.63) is 35.4 Å². The van der Waals surface area contributed by atoms with Crippen LogP contribution in [0.25, 0.3) is 0 Å². The Labute approximate surface area is 123 Å². The summed E-state index contributed by atoms with van der Waals surface area (Å²) in [7, 11) is 0. The van der Waals surface area contributed by atoms with E-state index in [4.69, 9.17) is 0 Å². The van der Waals surface area contributed by atoms with Gasteiger partial charge in [0.1, 0.15) is 0 Å². The Morgan fingerprint density at radius 3 is 2.76 bits per heavy atom. The quantitative estimate of drug-likeness (QED) is 0.861. The van der Waals surface area contributed by atoms with Crippen molar-refractivity contribution in [1.82, 2.24) is 10.2 Å². The Balaban J connectivity index is 1.88. The molecule has 5 nitrogen and oxygen atoms in total. The van der Waals surface area contributed by atoms with Crippen LogP contribution in [0.3, 0.4) is 0 Å². The Bertz CT molecular complexity index is 552. The lowest BCUT2D eigenvalue weighted by molar-refractivity contribution is -0.152. The number of amides is 1. The van der Waals surface area contributed by atoms with Gasteiger partial charge >= 0.3 is 5.97 Å². The Morgan fingerprint density at radius 1 is 1.24 bits per heavy atom. The Hall–Kier alpha value is -1.88. The van der Waals surface area contributed by atoms with Crippen LogP contribution in [0.4, 0.5) is 0 Å². The minimum Gasteiger partial charge on any atom is -0.479 e. The number of hydrogen-bond donors (Lipinski definition) is 2. The number of rotatable bonds is 2. The molecule has 0 aromatic heterocycles. The first kappa shape index (κ1) is 14.1. The number of benzene rings is 1. The number of nitrogens with one attached hydrogen (secondary N) is 1. The third-order valence-corrected chi connectivity index (χ3v) is 4.41. The maximum absolute atomic E-state index is 12.7. The van der Waals surface area contributed by atoms with Gasteiger partial charge < -0.3 is 15.3 Å². The lowest BCUT2D eigenvalue weighted by Crippen LogP contribution is -2.52. The van der Waals surface area contributed by atoms with Crippen molar-refractivity contribution in [3.63, 3.8) is 0 Å². The molecule has 112 valence electrons. The average Bonchev–Trinajstić information content (AvgIpc) is 2.53. The van der Waals surface area contributed by atoms with Gasteiger partial charge in [0.15, 0.2) is 6.04 Å². The number of carboxylic acids is 1. The van der Waals surface area contributed by atoms with Gasteiger partial charge in [-0.1, -0.05) is 30.7 Å². The smallest absolute Gasteiger partial charge is 0.331 e. The van der Waals surface area contributed by atoms with Gasteiger partial charge in [-0.25, -0.2) is 4.79 Å². The minimum atomic E-state index is -0.952. The molecule has 2 atom stereocenters. The van der Waals surface area contributed by atoms with E-state index in [0.29, 0.717) is 6.54 Å². The van der Waals surface area contributed by atoms with E-state index < -0.39 is 12.0 Å². The highest BCUT2D eigenvalue weighted by atomic mass is 16.4. The van der Waals surface area contributed by atoms with Crippen LogP contribution in [0.15, 0.2) is 24.3 Å². The summed E-state index contributed by atoms with van der Waals surface area (Å²) in [5.41, 5.74) is 1.78. The van der Waals surface area contributed by atoms with Crippen molar-refractivity contribution in [2.24, 2.45) is 0 Å². The molecule has 2 aliphatic rings. The molecule has 3 rings (SSSR count). The summed E-state index contributed by atoms with van der Waals surface area (Å²) in [6, 6.07) is 6.44. The summed E-state index contributed by atoms with van der Waals surface area (Å²) in [6.45, 7) is 1.31. The van der Waals surface area contributed by atoms with E-state index in [1.807, 2.05) is 24.3 Å². The third kappa shape index (κ3) is 2.65. The maximum atomic E-state index is 12.7. The maximum Gasteiger partial charge on any atom is 0.331 e. The lowest BCUT2D eigenvalue weighted by atomic mass is 9.91. The van der Waals surface area contributed by atoms with Gasteiger partial charge in [0.2, 0.25) is 5.91 Å². The number of piperidine rings is 1. The number of hydrogen-bond acceptors (Lipinski definition) is 3. The molecule has 0 aliphatic carbocycles. The van der Waals surface area contributed by atoms with E-state index >= 15 is 0 Å². The summed E-state index contributed by atoms with van der Waals surface area (Å²) in [5, 5.41) is 12.8. The molecule has 0 bridgehead atoms. The summed E-state index contributed by atoms with van der Waals surface area (Å²) in [5.74, 6) is -1.03. The topological polar surface area (TPSA) is 69.6 Å². The molecule has 2 aliphatic heterocycles. The molecule has 1 fully saturated rings. The number of fused-ring (bicyclic) bond motifs is 1. The highest BCUT2D eigenvalue weighted by Crippen LogP contribution is 2.31.